The minimum Gasteiger partial charge on any atom is -0.481 e. The molecule has 1 saturated heterocycles. The summed E-state index contributed by atoms with van der Waals surface area (Å²) in [5.74, 6) is 0.516. The first-order chi connectivity index (χ1) is 15.2. The maximum Gasteiger partial charge on any atom is 0.254 e. The van der Waals surface area contributed by atoms with E-state index in [1.807, 2.05) is 47.4 Å². The van der Waals surface area contributed by atoms with Crippen LogP contribution in [0.15, 0.2) is 54.9 Å². The number of carbonyl (C=O) groups excluding carboxylic acids is 1. The molecule has 1 N–H and O–H groups in total. The van der Waals surface area contributed by atoms with E-state index in [4.69, 9.17) is 9.47 Å². The van der Waals surface area contributed by atoms with Crippen molar-refractivity contribution >= 4 is 16.9 Å². The molecule has 1 aliphatic heterocycles. The maximum absolute atomic E-state index is 12.9. The van der Waals surface area contributed by atoms with Gasteiger partial charge in [0.2, 0.25) is 5.88 Å². The zero-order chi connectivity index (χ0) is 21.2. The molecule has 0 unspecified atom stereocenters. The summed E-state index contributed by atoms with van der Waals surface area (Å²) in [7, 11) is 1.58. The van der Waals surface area contributed by atoms with E-state index in [0.29, 0.717) is 43.4 Å². The van der Waals surface area contributed by atoms with Gasteiger partial charge in [-0.2, -0.15) is 5.10 Å². The Labute approximate surface area is 178 Å². The summed E-state index contributed by atoms with van der Waals surface area (Å²) in [6.07, 6.45) is 3.46. The largest absolute Gasteiger partial charge is 0.481 e. The molecule has 1 aromatic carbocycles. The number of hydrogen-bond donors (Lipinski definition) is 1. The Balaban J connectivity index is 1.53. The van der Waals surface area contributed by atoms with E-state index in [-0.39, 0.29) is 5.91 Å². The lowest BCUT2D eigenvalue weighted by Crippen LogP contribution is -2.40. The number of rotatable bonds is 4. The number of ether oxygens (including phenoxy) is 2. The van der Waals surface area contributed by atoms with Crippen molar-refractivity contribution in [1.82, 2.24) is 25.1 Å². The van der Waals surface area contributed by atoms with Crippen LogP contribution < -0.4 is 4.74 Å². The van der Waals surface area contributed by atoms with Gasteiger partial charge in [0.05, 0.1) is 25.9 Å². The summed E-state index contributed by atoms with van der Waals surface area (Å²) in [4.78, 5) is 23.5. The number of nitrogens with one attached hydrogen (secondary N) is 1. The topological polar surface area (TPSA) is 93.2 Å². The van der Waals surface area contributed by atoms with E-state index in [2.05, 4.69) is 20.2 Å². The van der Waals surface area contributed by atoms with E-state index in [1.165, 1.54) is 0 Å². The molecule has 8 nitrogen and oxygen atoms in total. The lowest BCUT2D eigenvalue weighted by molar-refractivity contribution is 0.0303. The van der Waals surface area contributed by atoms with Crippen LogP contribution in [-0.4, -0.2) is 64.4 Å². The van der Waals surface area contributed by atoms with Crippen LogP contribution in [0.4, 0.5) is 0 Å². The Kier molecular flexibility index (Phi) is 5.05. The number of pyridine rings is 2. The molecule has 1 aliphatic rings. The quantitative estimate of drug-likeness (QED) is 0.550. The Bertz CT molecular complexity index is 1250. The number of H-pyrrole nitrogens is 1. The average molecular weight is 415 g/mol. The zero-order valence-corrected chi connectivity index (χ0v) is 17.0. The van der Waals surface area contributed by atoms with Crippen LogP contribution in [0.25, 0.3) is 33.4 Å². The van der Waals surface area contributed by atoms with Gasteiger partial charge < -0.3 is 14.4 Å². The number of aromatic nitrogens is 4. The van der Waals surface area contributed by atoms with Gasteiger partial charge in [-0.25, -0.2) is 9.97 Å². The van der Waals surface area contributed by atoms with Crippen LogP contribution in [0.1, 0.15) is 10.4 Å². The third-order valence-corrected chi connectivity index (χ3v) is 5.38. The summed E-state index contributed by atoms with van der Waals surface area (Å²) in [5, 5.41) is 8.26. The van der Waals surface area contributed by atoms with Crippen molar-refractivity contribution in [2.45, 2.75) is 0 Å². The standard InChI is InChI=1S/C23H21N5O3/c1-30-22-18(6-3-7-24-22)20-19-13-17(14-25-21(19)27-26-20)15-4-2-5-16(12-15)23(29)28-8-10-31-11-9-28/h2-7,12-14H,8-11H2,1H3,(H,25,26,27). The van der Waals surface area contributed by atoms with Gasteiger partial charge in [-0.15, -0.1) is 0 Å². The third kappa shape index (κ3) is 3.62. The normalized spacial score (nSPS) is 14.0. The highest BCUT2D eigenvalue weighted by Gasteiger charge is 2.19. The number of carbonyl (C=O) groups is 1. The van der Waals surface area contributed by atoms with Crippen LogP contribution in [0.3, 0.4) is 0 Å². The Morgan fingerprint density at radius 3 is 2.81 bits per heavy atom. The second kappa shape index (κ2) is 8.16. The smallest absolute Gasteiger partial charge is 0.254 e. The fraction of sp³-hybridized carbons (Fsp3) is 0.217. The lowest BCUT2D eigenvalue weighted by Gasteiger charge is -2.27. The summed E-state index contributed by atoms with van der Waals surface area (Å²) >= 11 is 0. The molecule has 0 saturated carbocycles. The van der Waals surface area contributed by atoms with Gasteiger partial charge in [0.1, 0.15) is 5.69 Å². The first kappa shape index (κ1) is 19.2. The minimum absolute atomic E-state index is 0.0169. The number of nitrogens with zero attached hydrogens (tertiary/aromatic N) is 4. The predicted octanol–water partition coefficient (Wildman–Crippen LogP) is 3.17. The van der Waals surface area contributed by atoms with Crippen LogP contribution >= 0.6 is 0 Å². The fourth-order valence-corrected chi connectivity index (χ4v) is 3.78. The van der Waals surface area contributed by atoms with Gasteiger partial charge in [0, 0.05) is 42.0 Å². The number of aromatic amines is 1. The molecule has 4 heterocycles. The average Bonchev–Trinajstić information content (AvgIpc) is 3.27. The first-order valence-corrected chi connectivity index (χ1v) is 10.1. The van der Waals surface area contributed by atoms with Gasteiger partial charge in [-0.3, -0.25) is 9.89 Å². The minimum atomic E-state index is 0.0169. The molecule has 3 aromatic heterocycles. The highest BCUT2D eigenvalue weighted by Crippen LogP contribution is 2.33. The van der Waals surface area contributed by atoms with Gasteiger partial charge in [0.25, 0.3) is 5.91 Å². The Morgan fingerprint density at radius 1 is 1.10 bits per heavy atom. The van der Waals surface area contributed by atoms with Crippen molar-refractivity contribution in [3.63, 3.8) is 0 Å². The van der Waals surface area contributed by atoms with Gasteiger partial charge >= 0.3 is 0 Å². The van der Waals surface area contributed by atoms with Gasteiger partial charge in [-0.1, -0.05) is 12.1 Å². The molecule has 5 rings (SSSR count). The molecule has 0 spiro atoms. The van der Waals surface area contributed by atoms with Crippen LogP contribution in [-0.2, 0) is 4.74 Å². The van der Waals surface area contributed by atoms with E-state index in [9.17, 15) is 4.79 Å². The Morgan fingerprint density at radius 2 is 1.97 bits per heavy atom. The lowest BCUT2D eigenvalue weighted by atomic mass is 10.0. The van der Waals surface area contributed by atoms with Crippen molar-refractivity contribution in [2.75, 3.05) is 33.4 Å². The molecule has 0 aliphatic carbocycles. The molecule has 4 aromatic rings. The SMILES string of the molecule is COc1ncccc1-c1n[nH]c2ncc(-c3cccc(C(=O)N4CCOCC4)c3)cc12. The van der Waals surface area contributed by atoms with E-state index in [1.54, 1.807) is 19.5 Å². The molecule has 0 radical (unpaired) electrons. The molecule has 8 heteroatoms. The van der Waals surface area contributed by atoms with Crippen molar-refractivity contribution in [1.29, 1.82) is 0 Å². The highest BCUT2D eigenvalue weighted by molar-refractivity contribution is 5.97. The van der Waals surface area contributed by atoms with Crippen molar-refractivity contribution in [3.05, 3.63) is 60.4 Å². The summed E-state index contributed by atoms with van der Waals surface area (Å²) in [6.45, 7) is 2.38. The predicted molar refractivity (Wildman–Crippen MR) is 116 cm³/mol. The van der Waals surface area contributed by atoms with Gasteiger partial charge in [-0.05, 0) is 35.9 Å². The summed E-state index contributed by atoms with van der Waals surface area (Å²) in [6, 6.07) is 13.4. The second-order valence-electron chi connectivity index (χ2n) is 7.24. The summed E-state index contributed by atoms with van der Waals surface area (Å²) in [5.41, 5.74) is 4.64. The Hall–Kier alpha value is -3.78. The summed E-state index contributed by atoms with van der Waals surface area (Å²) < 4.78 is 10.7. The first-order valence-electron chi connectivity index (χ1n) is 10.1. The number of fused-ring (bicyclic) bond motifs is 1. The molecule has 0 atom stereocenters. The van der Waals surface area contributed by atoms with E-state index < -0.39 is 0 Å². The van der Waals surface area contributed by atoms with Gasteiger partial charge in [0.15, 0.2) is 5.65 Å². The number of methoxy groups -OCH3 is 1. The monoisotopic (exact) mass is 415 g/mol. The molecule has 156 valence electrons. The number of benzene rings is 1. The van der Waals surface area contributed by atoms with E-state index in [0.717, 1.165) is 27.8 Å². The molecule has 1 fully saturated rings. The van der Waals surface area contributed by atoms with Crippen molar-refractivity contribution in [2.24, 2.45) is 0 Å². The highest BCUT2D eigenvalue weighted by atomic mass is 16.5. The van der Waals surface area contributed by atoms with Crippen LogP contribution in [0.5, 0.6) is 5.88 Å². The molecule has 0 bridgehead atoms. The third-order valence-electron chi connectivity index (χ3n) is 5.38. The number of amides is 1. The van der Waals surface area contributed by atoms with Crippen LogP contribution in [0.2, 0.25) is 0 Å². The fourth-order valence-electron chi connectivity index (χ4n) is 3.78. The van der Waals surface area contributed by atoms with E-state index >= 15 is 0 Å². The number of morpholine rings is 1. The van der Waals surface area contributed by atoms with Crippen molar-refractivity contribution < 1.29 is 14.3 Å². The zero-order valence-electron chi connectivity index (χ0n) is 17.0. The maximum atomic E-state index is 12.9. The molecular weight excluding hydrogens is 394 g/mol. The second-order valence-corrected chi connectivity index (χ2v) is 7.24. The molecule has 1 amide bonds. The molecule has 31 heavy (non-hydrogen) atoms. The molecular formula is C23H21N5O3. The van der Waals surface area contributed by atoms with Crippen LogP contribution in [0, 0.1) is 0 Å². The van der Waals surface area contributed by atoms with Crippen molar-refractivity contribution in [3.8, 4) is 28.3 Å². The number of hydrogen-bond acceptors (Lipinski definition) is 6.